The maximum absolute atomic E-state index is 11.7. The van der Waals surface area contributed by atoms with Gasteiger partial charge in [0.2, 0.25) is 0 Å². The molecule has 0 radical (unpaired) electrons. The summed E-state index contributed by atoms with van der Waals surface area (Å²) in [6.45, 7) is -2.79. The molecule has 0 aromatic carbocycles. The van der Waals surface area contributed by atoms with Gasteiger partial charge in [-0.2, -0.15) is 0 Å². The average Bonchev–Trinajstić information content (AvgIpc) is 2.64. The minimum absolute atomic E-state index is 0.155. The SMILES string of the molecule is COP(=O)(Cl)[C@H]1C[C@@H]2CC[C@H]1C2. The van der Waals surface area contributed by atoms with Crippen LogP contribution in [-0.4, -0.2) is 12.8 Å². The van der Waals surface area contributed by atoms with E-state index in [9.17, 15) is 4.57 Å². The molecule has 2 nitrogen and oxygen atoms in total. The number of fused-ring (bicyclic) bond motifs is 2. The largest absolute Gasteiger partial charge is 0.321 e. The first-order valence-corrected chi connectivity index (χ1v) is 7.08. The number of rotatable bonds is 2. The second-order valence-electron chi connectivity index (χ2n) is 3.95. The average molecular weight is 209 g/mol. The zero-order valence-electron chi connectivity index (χ0n) is 7.20. The molecule has 0 amide bonds. The van der Waals surface area contributed by atoms with Crippen molar-refractivity contribution in [2.75, 3.05) is 7.11 Å². The van der Waals surface area contributed by atoms with Gasteiger partial charge in [0.15, 0.2) is 0 Å². The molecule has 2 rings (SSSR count). The lowest BCUT2D eigenvalue weighted by Gasteiger charge is -2.24. The van der Waals surface area contributed by atoms with E-state index in [0.717, 1.165) is 12.3 Å². The molecule has 2 bridgehead atoms. The summed E-state index contributed by atoms with van der Waals surface area (Å²) in [4.78, 5) is 0. The van der Waals surface area contributed by atoms with Gasteiger partial charge in [0.25, 0.3) is 6.72 Å². The maximum Gasteiger partial charge on any atom is 0.293 e. The Morgan fingerprint density at radius 1 is 1.42 bits per heavy atom. The maximum atomic E-state index is 11.7. The van der Waals surface area contributed by atoms with Crippen molar-refractivity contribution in [3.8, 4) is 0 Å². The molecule has 12 heavy (non-hydrogen) atoms. The molecule has 2 fully saturated rings. The van der Waals surface area contributed by atoms with E-state index in [1.807, 2.05) is 0 Å². The molecule has 0 aromatic rings. The topological polar surface area (TPSA) is 26.3 Å². The smallest absolute Gasteiger partial charge is 0.293 e. The summed E-state index contributed by atoms with van der Waals surface area (Å²) in [5.41, 5.74) is 0.155. The van der Waals surface area contributed by atoms with E-state index < -0.39 is 6.72 Å². The highest BCUT2D eigenvalue weighted by Gasteiger charge is 2.48. The van der Waals surface area contributed by atoms with Crippen LogP contribution in [0.5, 0.6) is 0 Å². The molecule has 2 aliphatic carbocycles. The van der Waals surface area contributed by atoms with E-state index in [2.05, 4.69) is 0 Å². The van der Waals surface area contributed by atoms with Gasteiger partial charge in [0.1, 0.15) is 0 Å². The highest BCUT2D eigenvalue weighted by Crippen LogP contribution is 2.66. The predicted octanol–water partition coefficient (Wildman–Crippen LogP) is 3.25. The van der Waals surface area contributed by atoms with Crippen LogP contribution in [0.2, 0.25) is 0 Å². The second kappa shape index (κ2) is 3.01. The third kappa shape index (κ3) is 1.34. The van der Waals surface area contributed by atoms with Gasteiger partial charge in [0, 0.05) is 7.11 Å². The normalized spacial score (nSPS) is 44.7. The van der Waals surface area contributed by atoms with E-state index >= 15 is 0 Å². The Bertz CT molecular complexity index is 231. The van der Waals surface area contributed by atoms with Crippen LogP contribution in [-0.2, 0) is 9.09 Å². The van der Waals surface area contributed by atoms with Crippen molar-refractivity contribution in [2.45, 2.75) is 31.3 Å². The minimum atomic E-state index is -2.79. The summed E-state index contributed by atoms with van der Waals surface area (Å²) in [6, 6.07) is 0. The molecule has 1 unspecified atom stereocenters. The zero-order chi connectivity index (χ0) is 8.77. The van der Waals surface area contributed by atoms with Crippen molar-refractivity contribution in [3.63, 3.8) is 0 Å². The van der Waals surface area contributed by atoms with Crippen molar-refractivity contribution >= 4 is 18.0 Å². The van der Waals surface area contributed by atoms with Gasteiger partial charge in [-0.3, -0.25) is 4.57 Å². The molecule has 2 saturated carbocycles. The standard InChI is InChI=1S/C8H14ClO2P/c1-11-12(9,10)8-5-6-2-3-7(8)4-6/h6-8H,2-5H2,1H3/t6-,7+,8+,12?/m1/s1. The lowest BCUT2D eigenvalue weighted by atomic mass is 10.0. The van der Waals surface area contributed by atoms with Crippen molar-refractivity contribution < 1.29 is 9.09 Å². The van der Waals surface area contributed by atoms with Crippen LogP contribution in [0.4, 0.5) is 0 Å². The van der Waals surface area contributed by atoms with Crippen LogP contribution in [0.15, 0.2) is 0 Å². The molecular weight excluding hydrogens is 195 g/mol. The summed E-state index contributed by atoms with van der Waals surface area (Å²) in [7, 11) is 1.46. The van der Waals surface area contributed by atoms with Gasteiger partial charge in [0.05, 0.1) is 5.66 Å². The number of hydrogen-bond donors (Lipinski definition) is 0. The molecule has 70 valence electrons. The molecule has 0 N–H and O–H groups in total. The third-order valence-electron chi connectivity index (χ3n) is 3.35. The first-order valence-electron chi connectivity index (χ1n) is 4.48. The summed E-state index contributed by atoms with van der Waals surface area (Å²) in [6.07, 6.45) is 4.77. The van der Waals surface area contributed by atoms with Crippen LogP contribution in [0.3, 0.4) is 0 Å². The first-order chi connectivity index (χ1) is 5.63. The van der Waals surface area contributed by atoms with Gasteiger partial charge in [-0.1, -0.05) is 6.42 Å². The van der Waals surface area contributed by atoms with E-state index in [0.29, 0.717) is 5.92 Å². The van der Waals surface area contributed by atoms with E-state index in [-0.39, 0.29) is 5.66 Å². The summed E-state index contributed by atoms with van der Waals surface area (Å²) >= 11 is 5.85. The molecular formula is C8H14ClO2P. The van der Waals surface area contributed by atoms with Crippen LogP contribution in [0.1, 0.15) is 25.7 Å². The van der Waals surface area contributed by atoms with Crippen molar-refractivity contribution in [1.82, 2.24) is 0 Å². The molecule has 2 aliphatic rings. The van der Waals surface area contributed by atoms with E-state index in [4.69, 9.17) is 15.8 Å². The second-order valence-corrected chi connectivity index (χ2v) is 7.43. The molecule has 0 heterocycles. The third-order valence-corrected chi connectivity index (χ3v) is 6.43. The zero-order valence-corrected chi connectivity index (χ0v) is 8.85. The van der Waals surface area contributed by atoms with Gasteiger partial charge in [-0.25, -0.2) is 0 Å². The van der Waals surface area contributed by atoms with Gasteiger partial charge in [-0.15, -0.1) is 0 Å². The molecule has 0 saturated heterocycles. The predicted molar refractivity (Wildman–Crippen MR) is 49.7 cm³/mol. The Labute approximate surface area is 77.9 Å². The summed E-state index contributed by atoms with van der Waals surface area (Å²) in [5, 5.41) is 0. The molecule has 4 atom stereocenters. The van der Waals surface area contributed by atoms with Gasteiger partial charge >= 0.3 is 0 Å². The monoisotopic (exact) mass is 208 g/mol. The Hall–Kier alpha value is 0.480. The Balaban J connectivity index is 2.12. The van der Waals surface area contributed by atoms with Crippen LogP contribution in [0.25, 0.3) is 0 Å². The Morgan fingerprint density at radius 2 is 2.17 bits per heavy atom. The fourth-order valence-corrected chi connectivity index (χ4v) is 5.04. The number of halogens is 1. The highest BCUT2D eigenvalue weighted by molar-refractivity contribution is 7.85. The fraction of sp³-hybridized carbons (Fsp3) is 1.00. The lowest BCUT2D eigenvalue weighted by molar-refractivity contribution is 0.372. The van der Waals surface area contributed by atoms with Crippen LogP contribution >= 0.6 is 18.0 Å². The summed E-state index contributed by atoms with van der Waals surface area (Å²) < 4.78 is 16.6. The van der Waals surface area contributed by atoms with Crippen LogP contribution < -0.4 is 0 Å². The Morgan fingerprint density at radius 3 is 2.58 bits per heavy atom. The minimum Gasteiger partial charge on any atom is -0.321 e. The fourth-order valence-electron chi connectivity index (χ4n) is 2.72. The quantitative estimate of drug-likeness (QED) is 0.651. The van der Waals surface area contributed by atoms with Gasteiger partial charge in [-0.05, 0) is 42.3 Å². The molecule has 4 heteroatoms. The van der Waals surface area contributed by atoms with Gasteiger partial charge < -0.3 is 4.52 Å². The molecule has 0 spiro atoms. The van der Waals surface area contributed by atoms with E-state index in [1.165, 1.54) is 26.4 Å². The van der Waals surface area contributed by atoms with Crippen LogP contribution in [0, 0.1) is 11.8 Å². The first kappa shape index (κ1) is 9.05. The number of hydrogen-bond acceptors (Lipinski definition) is 2. The van der Waals surface area contributed by atoms with Crippen molar-refractivity contribution in [1.29, 1.82) is 0 Å². The summed E-state index contributed by atoms with van der Waals surface area (Å²) in [5.74, 6) is 1.36. The van der Waals surface area contributed by atoms with E-state index in [1.54, 1.807) is 0 Å². The van der Waals surface area contributed by atoms with Crippen molar-refractivity contribution in [3.05, 3.63) is 0 Å². The molecule has 0 aliphatic heterocycles. The van der Waals surface area contributed by atoms with Crippen molar-refractivity contribution in [2.24, 2.45) is 11.8 Å². The molecule has 0 aromatic heterocycles. The highest BCUT2D eigenvalue weighted by atomic mass is 35.7. The Kier molecular flexibility index (Phi) is 2.27. The lowest BCUT2D eigenvalue weighted by Crippen LogP contribution is -2.15.